The second-order valence-corrected chi connectivity index (χ2v) is 12.0. The minimum Gasteiger partial charge on any atom is -0.413 e. The average molecular weight is 311 g/mol. The second-order valence-electron chi connectivity index (χ2n) is 7.14. The molecule has 1 aromatic carbocycles. The van der Waals surface area contributed by atoms with Gasteiger partial charge in [-0.05, 0) is 36.2 Å². The molecule has 0 heterocycles. The van der Waals surface area contributed by atoms with Crippen molar-refractivity contribution in [2.24, 2.45) is 0 Å². The molecule has 0 radical (unpaired) electrons. The quantitative estimate of drug-likeness (QED) is 0.797. The maximum absolute atomic E-state index is 9.89. The fourth-order valence-electron chi connectivity index (χ4n) is 2.00. The third-order valence-corrected chi connectivity index (χ3v) is 8.93. The number of methoxy groups -OCH3 is 1. The van der Waals surface area contributed by atoms with E-state index >= 15 is 0 Å². The summed E-state index contributed by atoms with van der Waals surface area (Å²) in [6.45, 7) is 13.5. The highest BCUT2D eigenvalue weighted by Crippen LogP contribution is 2.37. The van der Waals surface area contributed by atoms with Gasteiger partial charge in [0, 0.05) is 7.11 Å². The minimum atomic E-state index is -1.79. The van der Waals surface area contributed by atoms with Crippen LogP contribution in [0.1, 0.15) is 44.9 Å². The van der Waals surface area contributed by atoms with Gasteiger partial charge >= 0.3 is 0 Å². The van der Waals surface area contributed by atoms with Crippen molar-refractivity contribution in [3.05, 3.63) is 35.4 Å². The summed E-state index contributed by atoms with van der Waals surface area (Å²) in [5.74, 6) is 0. The molecule has 0 aliphatic carbocycles. The van der Waals surface area contributed by atoms with Crippen LogP contribution in [0.25, 0.3) is 0 Å². The van der Waals surface area contributed by atoms with Crippen molar-refractivity contribution in [1.29, 1.82) is 0 Å². The summed E-state index contributed by atoms with van der Waals surface area (Å²) in [4.78, 5) is 0. The molecule has 1 aromatic rings. The molecule has 1 rings (SSSR count). The maximum Gasteiger partial charge on any atom is 0.192 e. The van der Waals surface area contributed by atoms with Crippen LogP contribution in [0.15, 0.2) is 24.3 Å². The Kier molecular flexibility index (Phi) is 6.17. The van der Waals surface area contributed by atoms with Gasteiger partial charge in [0.1, 0.15) is 6.10 Å². The molecule has 21 heavy (non-hydrogen) atoms. The highest BCUT2D eigenvalue weighted by Gasteiger charge is 2.37. The molecule has 0 spiro atoms. The van der Waals surface area contributed by atoms with Crippen LogP contribution in [0, 0.1) is 0 Å². The van der Waals surface area contributed by atoms with Gasteiger partial charge in [-0.2, -0.15) is 0 Å². The molecule has 0 aliphatic heterocycles. The zero-order chi connectivity index (χ0) is 16.3. The molecular weight excluding hydrogens is 280 g/mol. The van der Waals surface area contributed by atoms with Crippen molar-refractivity contribution in [2.45, 2.75) is 64.6 Å². The van der Waals surface area contributed by atoms with Crippen LogP contribution in [0.3, 0.4) is 0 Å². The molecule has 0 amide bonds. The summed E-state index contributed by atoms with van der Waals surface area (Å²) in [5, 5.41) is 10.1. The molecular formula is C17H30O3Si. The summed E-state index contributed by atoms with van der Waals surface area (Å²) in [6, 6.07) is 8.03. The second kappa shape index (κ2) is 7.05. The van der Waals surface area contributed by atoms with Crippen LogP contribution < -0.4 is 0 Å². The summed E-state index contributed by atoms with van der Waals surface area (Å²) in [7, 11) is -0.158. The maximum atomic E-state index is 9.89. The Morgan fingerprint density at radius 1 is 1.19 bits per heavy atom. The Hall–Kier alpha value is -0.683. The normalized spacial score (nSPS) is 15.8. The van der Waals surface area contributed by atoms with Crippen LogP contribution in [0.5, 0.6) is 0 Å². The summed E-state index contributed by atoms with van der Waals surface area (Å²) >= 11 is 0. The first kappa shape index (κ1) is 18.4. The number of hydrogen-bond donors (Lipinski definition) is 1. The van der Waals surface area contributed by atoms with Gasteiger partial charge in [0.25, 0.3) is 0 Å². The molecule has 120 valence electrons. The van der Waals surface area contributed by atoms with Gasteiger partial charge < -0.3 is 14.3 Å². The van der Waals surface area contributed by atoms with Gasteiger partial charge in [0.15, 0.2) is 8.32 Å². The van der Waals surface area contributed by atoms with Crippen LogP contribution in [0.4, 0.5) is 0 Å². The Labute approximate surface area is 130 Å². The van der Waals surface area contributed by atoms with E-state index in [0.29, 0.717) is 6.61 Å². The molecule has 0 saturated carbocycles. The van der Waals surface area contributed by atoms with Crippen molar-refractivity contribution >= 4 is 8.32 Å². The first-order chi connectivity index (χ1) is 9.60. The SMILES string of the molecule is COC(c1ccccc1CO[Si](C)(C)C(C)(C)C)C(C)O. The topological polar surface area (TPSA) is 38.7 Å². The third-order valence-electron chi connectivity index (χ3n) is 4.45. The lowest BCUT2D eigenvalue weighted by molar-refractivity contribution is -0.00446. The molecule has 4 heteroatoms. The molecule has 0 aromatic heterocycles. The van der Waals surface area contributed by atoms with Gasteiger partial charge in [-0.25, -0.2) is 0 Å². The van der Waals surface area contributed by atoms with E-state index < -0.39 is 14.4 Å². The van der Waals surface area contributed by atoms with Crippen molar-refractivity contribution in [2.75, 3.05) is 7.11 Å². The fraction of sp³-hybridized carbons (Fsp3) is 0.647. The third kappa shape index (κ3) is 4.64. The predicted octanol–water partition coefficient (Wildman–Crippen LogP) is 4.28. The van der Waals surface area contributed by atoms with Crippen LogP contribution in [-0.2, 0) is 15.8 Å². The molecule has 3 nitrogen and oxygen atoms in total. The molecule has 2 atom stereocenters. The highest BCUT2D eigenvalue weighted by atomic mass is 28.4. The smallest absolute Gasteiger partial charge is 0.192 e. The average Bonchev–Trinajstić information content (AvgIpc) is 2.36. The molecule has 1 N–H and O–H groups in total. The van der Waals surface area contributed by atoms with Crippen molar-refractivity contribution in [3.63, 3.8) is 0 Å². The largest absolute Gasteiger partial charge is 0.413 e. The Morgan fingerprint density at radius 3 is 2.24 bits per heavy atom. The van der Waals surface area contributed by atoms with E-state index in [1.165, 1.54) is 0 Å². The first-order valence-corrected chi connectivity index (χ1v) is 10.4. The Morgan fingerprint density at radius 2 is 1.76 bits per heavy atom. The highest BCUT2D eigenvalue weighted by molar-refractivity contribution is 6.74. The first-order valence-electron chi connectivity index (χ1n) is 7.53. The van der Waals surface area contributed by atoms with E-state index in [0.717, 1.165) is 11.1 Å². The lowest BCUT2D eigenvalue weighted by atomic mass is 9.99. The van der Waals surface area contributed by atoms with Crippen molar-refractivity contribution < 1.29 is 14.3 Å². The van der Waals surface area contributed by atoms with E-state index in [1.54, 1.807) is 14.0 Å². The minimum absolute atomic E-state index is 0.187. The number of aliphatic hydroxyl groups excluding tert-OH is 1. The van der Waals surface area contributed by atoms with Gasteiger partial charge in [0.05, 0.1) is 12.7 Å². The Bertz CT molecular complexity index is 450. The summed E-state index contributed by atoms with van der Waals surface area (Å²) < 4.78 is 11.7. The number of rotatable bonds is 6. The monoisotopic (exact) mass is 310 g/mol. The van der Waals surface area contributed by atoms with Crippen molar-refractivity contribution in [3.8, 4) is 0 Å². The molecule has 0 bridgehead atoms. The van der Waals surface area contributed by atoms with E-state index in [2.05, 4.69) is 39.9 Å². The van der Waals surface area contributed by atoms with E-state index in [9.17, 15) is 5.11 Å². The summed E-state index contributed by atoms with van der Waals surface area (Å²) in [6.07, 6.45) is -0.867. The van der Waals surface area contributed by atoms with Gasteiger partial charge in [-0.15, -0.1) is 0 Å². The number of aliphatic hydroxyl groups is 1. The van der Waals surface area contributed by atoms with E-state index in [-0.39, 0.29) is 11.1 Å². The molecule has 2 unspecified atom stereocenters. The zero-order valence-electron chi connectivity index (χ0n) is 14.4. The molecule has 0 fully saturated rings. The van der Waals surface area contributed by atoms with Gasteiger partial charge in [-0.1, -0.05) is 45.0 Å². The lowest BCUT2D eigenvalue weighted by Crippen LogP contribution is -2.40. The van der Waals surface area contributed by atoms with Gasteiger partial charge in [-0.3, -0.25) is 0 Å². The molecule has 0 aliphatic rings. The van der Waals surface area contributed by atoms with Gasteiger partial charge in [0.2, 0.25) is 0 Å². The van der Waals surface area contributed by atoms with Crippen LogP contribution in [0.2, 0.25) is 18.1 Å². The fourth-order valence-corrected chi connectivity index (χ4v) is 2.95. The number of benzene rings is 1. The van der Waals surface area contributed by atoms with E-state index in [1.807, 2.05) is 18.2 Å². The lowest BCUT2D eigenvalue weighted by Gasteiger charge is -2.36. The van der Waals surface area contributed by atoms with Crippen LogP contribution in [-0.4, -0.2) is 26.6 Å². The number of hydrogen-bond acceptors (Lipinski definition) is 3. The standard InChI is InChI=1S/C17H30O3Si/c1-13(18)16(19-5)15-11-9-8-10-14(15)12-20-21(6,7)17(2,3)4/h8-11,13,16,18H,12H2,1-7H3. The Balaban J connectivity index is 2.95. The number of ether oxygens (including phenoxy) is 1. The van der Waals surface area contributed by atoms with E-state index in [4.69, 9.17) is 9.16 Å². The predicted molar refractivity (Wildman–Crippen MR) is 89.9 cm³/mol. The van der Waals surface area contributed by atoms with Crippen LogP contribution >= 0.6 is 0 Å². The molecule has 0 saturated heterocycles. The summed E-state index contributed by atoms with van der Waals surface area (Å²) in [5.41, 5.74) is 2.10. The zero-order valence-corrected chi connectivity index (χ0v) is 15.4. The van der Waals surface area contributed by atoms with Crippen molar-refractivity contribution in [1.82, 2.24) is 0 Å².